The van der Waals surface area contributed by atoms with Crippen LogP contribution in [0.25, 0.3) is 0 Å². The summed E-state index contributed by atoms with van der Waals surface area (Å²) in [6.07, 6.45) is 9.41. The number of benzene rings is 1. The van der Waals surface area contributed by atoms with Gasteiger partial charge in [0, 0.05) is 0 Å². The molecule has 2 rings (SSSR count). The largest absolute Gasteiger partial charge is 0.117 e. The Hall–Kier alpha value is -1.08. The van der Waals surface area contributed by atoms with Crippen LogP contribution < -0.4 is 5.19 Å². The van der Waals surface area contributed by atoms with Gasteiger partial charge in [0.15, 0.2) is 0 Å². The Bertz CT molecular complexity index is 441. The van der Waals surface area contributed by atoms with Crippen LogP contribution in [-0.4, -0.2) is 9.52 Å². The second-order valence-electron chi connectivity index (χ2n) is 4.50. The van der Waals surface area contributed by atoms with E-state index in [2.05, 4.69) is 50.3 Å². The van der Waals surface area contributed by atoms with E-state index in [1.165, 1.54) is 25.7 Å². The summed E-state index contributed by atoms with van der Waals surface area (Å²) in [4.78, 5) is 0. The average Bonchev–Trinajstić information content (AvgIpc) is 2.79. The van der Waals surface area contributed by atoms with E-state index in [4.69, 9.17) is 0 Å². The van der Waals surface area contributed by atoms with Crippen molar-refractivity contribution in [3.63, 3.8) is 0 Å². The molecule has 0 saturated heterocycles. The van der Waals surface area contributed by atoms with E-state index in [0.717, 1.165) is 9.52 Å². The number of allylic oxidation sites excluding steroid dienone is 4. The van der Waals surface area contributed by atoms with E-state index in [1.807, 2.05) is 0 Å². The zero-order valence-electron chi connectivity index (χ0n) is 10.8. The van der Waals surface area contributed by atoms with E-state index in [0.29, 0.717) is 0 Å². The first-order chi connectivity index (χ1) is 8.35. The number of hydrogen-bond donors (Lipinski definition) is 0. The summed E-state index contributed by atoms with van der Waals surface area (Å²) in [6, 6.07) is 8.94. The molecule has 0 aliphatic heterocycles. The van der Waals surface area contributed by atoms with Gasteiger partial charge in [0.05, 0.1) is 0 Å². The Morgan fingerprint density at radius 3 is 2.76 bits per heavy atom. The molecule has 0 N–H and O–H groups in total. The summed E-state index contributed by atoms with van der Waals surface area (Å²) in [5.41, 5.74) is 3.11. The predicted octanol–water partition coefficient (Wildman–Crippen LogP) is 3.59. The van der Waals surface area contributed by atoms with Crippen molar-refractivity contribution in [1.82, 2.24) is 0 Å². The van der Waals surface area contributed by atoms with Gasteiger partial charge in [-0.05, 0) is 24.8 Å². The molecule has 0 amide bonds. The third-order valence-electron chi connectivity index (χ3n) is 3.23. The standard InChI is InChI=1S/C16H20Si/c1-3-8-14-9-5-6-11-16(14)17-15-12-7-10-13(15)4-2/h5-7,9-11H,3-4,8,12H2,1-2H3. The molecule has 1 aliphatic rings. The van der Waals surface area contributed by atoms with Gasteiger partial charge in [-0.3, -0.25) is 0 Å². The summed E-state index contributed by atoms with van der Waals surface area (Å²) in [6.45, 7) is 4.52. The van der Waals surface area contributed by atoms with Crippen LogP contribution >= 0.6 is 0 Å². The summed E-state index contributed by atoms with van der Waals surface area (Å²) < 4.78 is 0. The summed E-state index contributed by atoms with van der Waals surface area (Å²) >= 11 is 0. The maximum Gasteiger partial charge on any atom is 0.117 e. The van der Waals surface area contributed by atoms with Gasteiger partial charge < -0.3 is 0 Å². The molecule has 1 aliphatic carbocycles. The smallest absolute Gasteiger partial charge is 0.0806 e. The van der Waals surface area contributed by atoms with Crippen LogP contribution in [0.15, 0.2) is 47.2 Å². The van der Waals surface area contributed by atoms with Gasteiger partial charge in [0.1, 0.15) is 9.52 Å². The maximum absolute atomic E-state index is 2.31. The minimum absolute atomic E-state index is 0.871. The van der Waals surface area contributed by atoms with E-state index < -0.39 is 0 Å². The first kappa shape index (κ1) is 12.4. The fourth-order valence-electron chi connectivity index (χ4n) is 2.31. The molecule has 0 heterocycles. The number of rotatable bonds is 5. The molecule has 0 fully saturated rings. The van der Waals surface area contributed by atoms with Crippen LogP contribution in [0.1, 0.15) is 38.7 Å². The molecule has 2 radical (unpaired) electrons. The Morgan fingerprint density at radius 2 is 2.00 bits per heavy atom. The Balaban J connectivity index is 2.19. The molecule has 0 aromatic heterocycles. The fourth-order valence-corrected chi connectivity index (χ4v) is 3.82. The van der Waals surface area contributed by atoms with Gasteiger partial charge in [-0.1, -0.05) is 72.6 Å². The highest BCUT2D eigenvalue weighted by atomic mass is 28.2. The lowest BCUT2D eigenvalue weighted by Crippen LogP contribution is -2.21. The van der Waals surface area contributed by atoms with E-state index in [9.17, 15) is 0 Å². The first-order valence-corrected chi connectivity index (χ1v) is 7.58. The van der Waals surface area contributed by atoms with Crippen LogP contribution in [-0.2, 0) is 6.42 Å². The van der Waals surface area contributed by atoms with Gasteiger partial charge in [-0.25, -0.2) is 0 Å². The van der Waals surface area contributed by atoms with Crippen molar-refractivity contribution in [3.8, 4) is 0 Å². The molecule has 1 aromatic carbocycles. The number of hydrogen-bond acceptors (Lipinski definition) is 0. The van der Waals surface area contributed by atoms with Gasteiger partial charge in [-0.15, -0.1) is 0 Å². The normalized spacial score (nSPS) is 14.7. The lowest BCUT2D eigenvalue weighted by molar-refractivity contribution is 0.927. The second kappa shape index (κ2) is 6.01. The van der Waals surface area contributed by atoms with Crippen molar-refractivity contribution >= 4 is 14.7 Å². The first-order valence-electron chi connectivity index (χ1n) is 6.58. The van der Waals surface area contributed by atoms with Crippen molar-refractivity contribution in [2.45, 2.75) is 39.5 Å². The van der Waals surface area contributed by atoms with Crippen LogP contribution in [0.5, 0.6) is 0 Å². The average molecular weight is 240 g/mol. The van der Waals surface area contributed by atoms with Crippen molar-refractivity contribution < 1.29 is 0 Å². The Labute approximate surface area is 107 Å². The lowest BCUT2D eigenvalue weighted by atomic mass is 10.1. The zero-order chi connectivity index (χ0) is 12.1. The van der Waals surface area contributed by atoms with Crippen molar-refractivity contribution in [2.75, 3.05) is 0 Å². The Kier molecular flexibility index (Phi) is 4.38. The van der Waals surface area contributed by atoms with Gasteiger partial charge in [-0.2, -0.15) is 0 Å². The van der Waals surface area contributed by atoms with Gasteiger partial charge in [0.2, 0.25) is 0 Å². The van der Waals surface area contributed by atoms with E-state index >= 15 is 0 Å². The highest BCUT2D eigenvalue weighted by Gasteiger charge is 2.11. The second-order valence-corrected chi connectivity index (χ2v) is 5.89. The SMILES string of the molecule is CCCc1ccccc1[Si]C1=C(CC)C=CC1. The van der Waals surface area contributed by atoms with Crippen molar-refractivity contribution in [3.05, 3.63) is 52.8 Å². The van der Waals surface area contributed by atoms with Gasteiger partial charge in [0.25, 0.3) is 0 Å². The van der Waals surface area contributed by atoms with Crippen LogP contribution in [0.4, 0.5) is 0 Å². The summed E-state index contributed by atoms with van der Waals surface area (Å²) in [5.74, 6) is 0. The molecule has 88 valence electrons. The molecule has 1 heteroatoms. The molecule has 0 spiro atoms. The molecule has 0 atom stereocenters. The van der Waals surface area contributed by atoms with Crippen LogP contribution in [0, 0.1) is 0 Å². The van der Waals surface area contributed by atoms with Crippen LogP contribution in [0.3, 0.4) is 0 Å². The zero-order valence-corrected chi connectivity index (χ0v) is 11.8. The van der Waals surface area contributed by atoms with E-state index in [-0.39, 0.29) is 0 Å². The summed E-state index contributed by atoms with van der Waals surface area (Å²) in [5, 5.41) is 3.20. The van der Waals surface area contributed by atoms with Gasteiger partial charge >= 0.3 is 0 Å². The fraction of sp³-hybridized carbons (Fsp3) is 0.375. The third-order valence-corrected chi connectivity index (χ3v) is 4.82. The topological polar surface area (TPSA) is 0 Å². The molecular formula is C16H20Si. The summed E-state index contributed by atoms with van der Waals surface area (Å²) in [7, 11) is 0.871. The number of aryl methyl sites for hydroxylation is 1. The molecular weight excluding hydrogens is 220 g/mol. The van der Waals surface area contributed by atoms with Crippen molar-refractivity contribution in [2.24, 2.45) is 0 Å². The quantitative estimate of drug-likeness (QED) is 0.690. The molecule has 0 saturated carbocycles. The Morgan fingerprint density at radius 1 is 1.18 bits per heavy atom. The minimum Gasteiger partial charge on any atom is -0.0806 e. The predicted molar refractivity (Wildman–Crippen MR) is 76.9 cm³/mol. The highest BCUT2D eigenvalue weighted by Crippen LogP contribution is 2.20. The van der Waals surface area contributed by atoms with E-state index in [1.54, 1.807) is 21.5 Å². The molecule has 0 unspecified atom stereocenters. The molecule has 0 bridgehead atoms. The van der Waals surface area contributed by atoms with Crippen molar-refractivity contribution in [1.29, 1.82) is 0 Å². The highest BCUT2D eigenvalue weighted by molar-refractivity contribution is 6.61. The third kappa shape index (κ3) is 2.98. The lowest BCUT2D eigenvalue weighted by Gasteiger charge is -2.10. The molecule has 1 aromatic rings. The molecule has 0 nitrogen and oxygen atoms in total. The maximum atomic E-state index is 2.31. The monoisotopic (exact) mass is 240 g/mol. The molecule has 17 heavy (non-hydrogen) atoms. The minimum atomic E-state index is 0.871. The van der Waals surface area contributed by atoms with Crippen LogP contribution in [0.2, 0.25) is 0 Å².